The number of morpholine rings is 1. The van der Waals surface area contributed by atoms with E-state index in [1.165, 1.54) is 0 Å². The molecule has 2 aliphatic rings. The molecule has 3 aromatic rings. The normalized spacial score (nSPS) is 19.5. The second-order valence-corrected chi connectivity index (χ2v) is 10.5. The van der Waals surface area contributed by atoms with Crippen LogP contribution in [0, 0.1) is 0 Å². The molecule has 0 aliphatic carbocycles. The zero-order chi connectivity index (χ0) is 25.8. The van der Waals surface area contributed by atoms with Crippen LogP contribution in [0.2, 0.25) is 10.0 Å². The molecular weight excluding hydrogens is 509 g/mol. The third-order valence-electron chi connectivity index (χ3n) is 7.30. The van der Waals surface area contributed by atoms with Gasteiger partial charge in [-0.2, -0.15) is 0 Å². The molecule has 1 atom stereocenters. The fourth-order valence-corrected chi connectivity index (χ4v) is 5.56. The summed E-state index contributed by atoms with van der Waals surface area (Å²) in [4.78, 5) is 33.4. The van der Waals surface area contributed by atoms with Gasteiger partial charge in [0.25, 0.3) is 0 Å². The molecule has 0 spiro atoms. The smallest absolute Gasteiger partial charge is 0.246 e. The van der Waals surface area contributed by atoms with E-state index in [1.54, 1.807) is 17.0 Å². The average Bonchev–Trinajstić information content (AvgIpc) is 3.02. The lowest BCUT2D eigenvalue weighted by Crippen LogP contribution is -2.51. The van der Waals surface area contributed by atoms with Gasteiger partial charge < -0.3 is 14.5 Å². The quantitative estimate of drug-likeness (QED) is 0.438. The van der Waals surface area contributed by atoms with Gasteiger partial charge >= 0.3 is 0 Å². The first-order valence-corrected chi connectivity index (χ1v) is 13.5. The van der Waals surface area contributed by atoms with Crippen LogP contribution in [0.4, 0.5) is 0 Å². The van der Waals surface area contributed by atoms with Gasteiger partial charge in [0.2, 0.25) is 11.8 Å². The number of carbonyl (C=O) groups excluding carboxylic acids is 2. The van der Waals surface area contributed by atoms with Crippen molar-refractivity contribution in [2.45, 2.75) is 25.4 Å². The van der Waals surface area contributed by atoms with Crippen molar-refractivity contribution in [2.75, 3.05) is 45.9 Å². The molecule has 0 N–H and O–H groups in total. The van der Waals surface area contributed by atoms with E-state index in [4.69, 9.17) is 27.9 Å². The average molecular weight is 540 g/mol. The molecule has 194 valence electrons. The number of amides is 2. The molecule has 3 aromatic carbocycles. The summed E-state index contributed by atoms with van der Waals surface area (Å²) in [5, 5.41) is 3.17. The first-order chi connectivity index (χ1) is 18.0. The van der Waals surface area contributed by atoms with E-state index >= 15 is 0 Å². The first kappa shape index (κ1) is 26.0. The standard InChI is InChI=1S/C29H31Cl2N3O3/c30-25-9-8-21(18-26(25)31)19-27-29(36)33(20-23-6-3-5-22-4-1-2-7-24(22)23)11-10-28(35)34(27)13-12-32-14-16-37-17-15-32/h1-9,18,27H,10-17,19-20H2/t27-/m0/s1. The van der Waals surface area contributed by atoms with Crippen LogP contribution in [0.1, 0.15) is 17.5 Å². The summed E-state index contributed by atoms with van der Waals surface area (Å²) in [5.74, 6) is -0.0288. The number of carbonyl (C=O) groups is 2. The number of hydrogen-bond donors (Lipinski definition) is 0. The Hall–Kier alpha value is -2.64. The number of benzene rings is 3. The lowest BCUT2D eigenvalue weighted by Gasteiger charge is -2.34. The molecule has 2 aliphatic heterocycles. The molecule has 2 saturated heterocycles. The predicted octanol–water partition coefficient (Wildman–Crippen LogP) is 4.65. The zero-order valence-corrected chi connectivity index (χ0v) is 22.3. The van der Waals surface area contributed by atoms with Crippen molar-refractivity contribution in [3.63, 3.8) is 0 Å². The SMILES string of the molecule is O=C1[C@H](Cc2ccc(Cl)c(Cl)c2)N(CCN2CCOCC2)C(=O)CCN1Cc1cccc2ccccc12. The van der Waals surface area contributed by atoms with E-state index < -0.39 is 6.04 Å². The van der Waals surface area contributed by atoms with E-state index in [0.717, 1.165) is 35.0 Å². The Morgan fingerprint density at radius 1 is 0.865 bits per heavy atom. The largest absolute Gasteiger partial charge is 0.379 e. The number of ether oxygens (including phenoxy) is 1. The van der Waals surface area contributed by atoms with Gasteiger partial charge in [0, 0.05) is 52.1 Å². The minimum absolute atomic E-state index is 0.00656. The van der Waals surface area contributed by atoms with Gasteiger partial charge in [-0.15, -0.1) is 0 Å². The highest BCUT2D eigenvalue weighted by Gasteiger charge is 2.36. The topological polar surface area (TPSA) is 53.1 Å². The second kappa shape index (κ2) is 11.8. The van der Waals surface area contributed by atoms with Gasteiger partial charge in [-0.3, -0.25) is 14.5 Å². The third-order valence-corrected chi connectivity index (χ3v) is 8.04. The van der Waals surface area contributed by atoms with Crippen molar-refractivity contribution in [3.05, 3.63) is 81.8 Å². The Balaban J connectivity index is 1.42. The summed E-state index contributed by atoms with van der Waals surface area (Å²) in [7, 11) is 0. The van der Waals surface area contributed by atoms with Crippen LogP contribution in [0.5, 0.6) is 0 Å². The Labute approximate surface area is 227 Å². The van der Waals surface area contributed by atoms with Crippen LogP contribution >= 0.6 is 23.2 Å². The van der Waals surface area contributed by atoms with E-state index in [1.807, 2.05) is 29.2 Å². The highest BCUT2D eigenvalue weighted by Crippen LogP contribution is 2.26. The molecular formula is C29H31Cl2N3O3. The second-order valence-electron chi connectivity index (χ2n) is 9.66. The molecule has 6 nitrogen and oxygen atoms in total. The molecule has 2 amide bonds. The fraction of sp³-hybridized carbons (Fsp3) is 0.379. The molecule has 8 heteroatoms. The minimum Gasteiger partial charge on any atom is -0.379 e. The predicted molar refractivity (Wildman–Crippen MR) is 147 cm³/mol. The Morgan fingerprint density at radius 2 is 1.65 bits per heavy atom. The first-order valence-electron chi connectivity index (χ1n) is 12.8. The van der Waals surface area contributed by atoms with Crippen molar-refractivity contribution in [1.29, 1.82) is 0 Å². The minimum atomic E-state index is -0.608. The van der Waals surface area contributed by atoms with Crippen molar-refractivity contribution >= 4 is 45.8 Å². The summed E-state index contributed by atoms with van der Waals surface area (Å²) >= 11 is 12.4. The molecule has 37 heavy (non-hydrogen) atoms. The lowest BCUT2D eigenvalue weighted by atomic mass is 10.0. The Bertz CT molecular complexity index is 1270. The summed E-state index contributed by atoms with van der Waals surface area (Å²) in [5.41, 5.74) is 1.96. The van der Waals surface area contributed by atoms with E-state index in [9.17, 15) is 9.59 Å². The van der Waals surface area contributed by atoms with E-state index in [0.29, 0.717) is 62.3 Å². The lowest BCUT2D eigenvalue weighted by molar-refractivity contribution is -0.142. The Morgan fingerprint density at radius 3 is 2.46 bits per heavy atom. The van der Waals surface area contributed by atoms with Gasteiger partial charge in [0.15, 0.2) is 0 Å². The van der Waals surface area contributed by atoms with Crippen LogP contribution in [0.15, 0.2) is 60.7 Å². The molecule has 2 fully saturated rings. The fourth-order valence-electron chi connectivity index (χ4n) is 5.24. The van der Waals surface area contributed by atoms with Crippen LogP contribution in [-0.2, 0) is 27.3 Å². The van der Waals surface area contributed by atoms with Crippen LogP contribution in [0.25, 0.3) is 10.8 Å². The van der Waals surface area contributed by atoms with Crippen LogP contribution < -0.4 is 0 Å². The van der Waals surface area contributed by atoms with Crippen molar-refractivity contribution in [1.82, 2.24) is 14.7 Å². The van der Waals surface area contributed by atoms with Crippen LogP contribution in [-0.4, -0.2) is 78.5 Å². The molecule has 0 bridgehead atoms. The maximum atomic E-state index is 14.1. The highest BCUT2D eigenvalue weighted by molar-refractivity contribution is 6.42. The van der Waals surface area contributed by atoms with Gasteiger partial charge in [0.05, 0.1) is 23.3 Å². The molecule has 0 radical (unpaired) electrons. The van der Waals surface area contributed by atoms with Gasteiger partial charge in [0.1, 0.15) is 6.04 Å². The van der Waals surface area contributed by atoms with E-state index in [-0.39, 0.29) is 11.8 Å². The number of fused-ring (bicyclic) bond motifs is 1. The summed E-state index contributed by atoms with van der Waals surface area (Å²) in [6.07, 6.45) is 0.689. The van der Waals surface area contributed by atoms with E-state index in [2.05, 4.69) is 29.2 Å². The van der Waals surface area contributed by atoms with Crippen molar-refractivity contribution < 1.29 is 14.3 Å². The Kier molecular flexibility index (Phi) is 8.30. The number of nitrogens with zero attached hydrogens (tertiary/aromatic N) is 3. The molecule has 0 aromatic heterocycles. The molecule has 0 saturated carbocycles. The van der Waals surface area contributed by atoms with Crippen molar-refractivity contribution in [3.8, 4) is 0 Å². The maximum absolute atomic E-state index is 14.1. The van der Waals surface area contributed by atoms with Gasteiger partial charge in [-0.1, -0.05) is 71.7 Å². The maximum Gasteiger partial charge on any atom is 0.246 e. The molecule has 5 rings (SSSR count). The molecule has 0 unspecified atom stereocenters. The monoisotopic (exact) mass is 539 g/mol. The van der Waals surface area contributed by atoms with Crippen LogP contribution in [0.3, 0.4) is 0 Å². The number of hydrogen-bond acceptors (Lipinski definition) is 4. The summed E-state index contributed by atoms with van der Waals surface area (Å²) in [6.45, 7) is 5.12. The zero-order valence-electron chi connectivity index (χ0n) is 20.7. The van der Waals surface area contributed by atoms with Gasteiger partial charge in [-0.05, 0) is 34.0 Å². The van der Waals surface area contributed by atoms with Crippen molar-refractivity contribution in [2.24, 2.45) is 0 Å². The summed E-state index contributed by atoms with van der Waals surface area (Å²) in [6, 6.07) is 19.2. The molecule has 2 heterocycles. The summed E-state index contributed by atoms with van der Waals surface area (Å²) < 4.78 is 5.47. The number of halogens is 2. The third kappa shape index (κ3) is 6.10. The number of rotatable bonds is 7. The highest BCUT2D eigenvalue weighted by atomic mass is 35.5. The van der Waals surface area contributed by atoms with Gasteiger partial charge in [-0.25, -0.2) is 0 Å².